The summed E-state index contributed by atoms with van der Waals surface area (Å²) < 4.78 is 0. The molecule has 0 aromatic heterocycles. The van der Waals surface area contributed by atoms with Crippen molar-refractivity contribution in [3.63, 3.8) is 0 Å². The van der Waals surface area contributed by atoms with Gasteiger partial charge >= 0.3 is 5.97 Å². The molecule has 1 aromatic carbocycles. The fourth-order valence-electron chi connectivity index (χ4n) is 0.945. The molecular formula is C10H10N2O3. The zero-order valence-corrected chi connectivity index (χ0v) is 7.88. The molecule has 0 aliphatic heterocycles. The van der Waals surface area contributed by atoms with E-state index in [2.05, 4.69) is 6.58 Å². The third-order valence-corrected chi connectivity index (χ3v) is 1.78. The lowest BCUT2D eigenvalue weighted by Crippen LogP contribution is -2.38. The minimum atomic E-state index is -1.33. The zero-order valence-electron chi connectivity index (χ0n) is 7.88. The van der Waals surface area contributed by atoms with Gasteiger partial charge in [0.1, 0.15) is 5.70 Å². The summed E-state index contributed by atoms with van der Waals surface area (Å²) in [6, 6.07) is 8.13. The zero-order chi connectivity index (χ0) is 11.4. The molecule has 15 heavy (non-hydrogen) atoms. The molecule has 0 heterocycles. The number of carbonyl (C=O) groups is 2. The Morgan fingerprint density at radius 1 is 1.27 bits per heavy atom. The van der Waals surface area contributed by atoms with E-state index in [0.717, 1.165) is 0 Å². The van der Waals surface area contributed by atoms with Gasteiger partial charge in [-0.1, -0.05) is 24.8 Å². The summed E-state index contributed by atoms with van der Waals surface area (Å²) in [6.45, 7) is 3.18. The van der Waals surface area contributed by atoms with E-state index in [9.17, 15) is 9.59 Å². The molecule has 0 aliphatic carbocycles. The van der Waals surface area contributed by atoms with Gasteiger partial charge in [-0.3, -0.25) is 4.79 Å². The Labute approximate surface area is 86.4 Å². The minimum Gasteiger partial charge on any atom is -0.477 e. The van der Waals surface area contributed by atoms with Crippen molar-refractivity contribution in [2.45, 2.75) is 0 Å². The van der Waals surface area contributed by atoms with E-state index >= 15 is 0 Å². The smallest absolute Gasteiger partial charge is 0.353 e. The van der Waals surface area contributed by atoms with Gasteiger partial charge in [-0.25, -0.2) is 15.6 Å². The van der Waals surface area contributed by atoms with E-state index in [1.54, 1.807) is 18.2 Å². The number of carbonyl (C=O) groups excluding carboxylic acids is 1. The summed E-state index contributed by atoms with van der Waals surface area (Å²) in [4.78, 5) is 22.1. The van der Waals surface area contributed by atoms with E-state index in [4.69, 9.17) is 10.9 Å². The van der Waals surface area contributed by atoms with Gasteiger partial charge in [0.05, 0.1) is 0 Å². The number of aliphatic carboxylic acids is 1. The molecule has 78 valence electrons. The van der Waals surface area contributed by atoms with Crippen LogP contribution in [0.5, 0.6) is 0 Å². The van der Waals surface area contributed by atoms with E-state index in [0.29, 0.717) is 10.6 Å². The summed E-state index contributed by atoms with van der Waals surface area (Å²) in [5.74, 6) is 3.36. The molecule has 0 unspecified atom stereocenters. The molecule has 0 spiro atoms. The highest BCUT2D eigenvalue weighted by atomic mass is 16.4. The molecule has 1 aromatic rings. The highest BCUT2D eigenvalue weighted by Gasteiger charge is 2.18. The Bertz CT molecular complexity index is 400. The number of nitrogens with two attached hydrogens (primary N) is 1. The standard InChI is InChI=1S/C10H10N2O3/c1-7(10(14)15)12(11)9(13)8-5-3-2-4-6-8/h2-6H,1,11H2,(H,14,15). The maximum atomic E-state index is 11.6. The first-order valence-corrected chi connectivity index (χ1v) is 4.10. The first-order chi connectivity index (χ1) is 7.04. The summed E-state index contributed by atoms with van der Waals surface area (Å²) in [7, 11) is 0. The normalized spacial score (nSPS) is 9.40. The third-order valence-electron chi connectivity index (χ3n) is 1.78. The number of hydrogen-bond donors (Lipinski definition) is 2. The number of benzene rings is 1. The maximum Gasteiger partial charge on any atom is 0.353 e. The number of nitrogens with zero attached hydrogens (tertiary/aromatic N) is 1. The van der Waals surface area contributed by atoms with Crippen LogP contribution in [0.2, 0.25) is 0 Å². The Kier molecular flexibility index (Phi) is 3.20. The average molecular weight is 206 g/mol. The molecule has 5 nitrogen and oxygen atoms in total. The maximum absolute atomic E-state index is 11.6. The van der Waals surface area contributed by atoms with Gasteiger partial charge in [0.2, 0.25) is 0 Å². The van der Waals surface area contributed by atoms with Crippen LogP contribution in [0.15, 0.2) is 42.6 Å². The van der Waals surface area contributed by atoms with E-state index in [1.807, 2.05) is 0 Å². The second-order valence-electron chi connectivity index (χ2n) is 2.79. The Hall–Kier alpha value is -2.14. The monoisotopic (exact) mass is 206 g/mol. The summed E-state index contributed by atoms with van der Waals surface area (Å²) in [5, 5.41) is 9.09. The van der Waals surface area contributed by atoms with Gasteiger partial charge in [-0.2, -0.15) is 0 Å². The predicted molar refractivity (Wildman–Crippen MR) is 53.6 cm³/mol. The van der Waals surface area contributed by atoms with Gasteiger partial charge in [0.15, 0.2) is 0 Å². The van der Waals surface area contributed by atoms with Crippen LogP contribution in [0.3, 0.4) is 0 Å². The third kappa shape index (κ3) is 2.41. The SMILES string of the molecule is C=C(C(=O)O)N(N)C(=O)c1ccccc1. The first-order valence-electron chi connectivity index (χ1n) is 4.10. The largest absolute Gasteiger partial charge is 0.477 e. The lowest BCUT2D eigenvalue weighted by atomic mass is 10.2. The predicted octanol–water partition coefficient (Wildman–Crippen LogP) is 0.601. The van der Waals surface area contributed by atoms with Crippen molar-refractivity contribution in [3.05, 3.63) is 48.2 Å². The quantitative estimate of drug-likeness (QED) is 0.328. The van der Waals surface area contributed by atoms with Crippen molar-refractivity contribution in [1.82, 2.24) is 5.01 Å². The highest BCUT2D eigenvalue weighted by molar-refractivity contribution is 5.99. The van der Waals surface area contributed by atoms with Gasteiger partial charge in [0.25, 0.3) is 5.91 Å². The highest BCUT2D eigenvalue weighted by Crippen LogP contribution is 2.05. The molecule has 0 aliphatic rings. The molecule has 0 saturated carbocycles. The molecule has 0 bridgehead atoms. The number of rotatable bonds is 3. The van der Waals surface area contributed by atoms with E-state index in [1.165, 1.54) is 12.1 Å². The van der Waals surface area contributed by atoms with E-state index in [-0.39, 0.29) is 0 Å². The van der Waals surface area contributed by atoms with Gasteiger partial charge in [-0.05, 0) is 12.1 Å². The second kappa shape index (κ2) is 4.39. The molecule has 0 atom stereocenters. The van der Waals surface area contributed by atoms with Crippen LogP contribution in [0.1, 0.15) is 10.4 Å². The molecule has 1 amide bonds. The number of hydrazine groups is 1. The second-order valence-corrected chi connectivity index (χ2v) is 2.79. The lowest BCUT2D eigenvalue weighted by molar-refractivity contribution is -0.134. The van der Waals surface area contributed by atoms with E-state index < -0.39 is 17.6 Å². The van der Waals surface area contributed by atoms with Crippen LogP contribution in [0.25, 0.3) is 0 Å². The van der Waals surface area contributed by atoms with Crippen molar-refractivity contribution in [1.29, 1.82) is 0 Å². The summed E-state index contributed by atoms with van der Waals surface area (Å²) in [6.07, 6.45) is 0. The van der Waals surface area contributed by atoms with Gasteiger partial charge in [-0.15, -0.1) is 0 Å². The van der Waals surface area contributed by atoms with Crippen molar-refractivity contribution >= 4 is 11.9 Å². The molecule has 0 radical (unpaired) electrons. The van der Waals surface area contributed by atoms with Crippen LogP contribution in [-0.2, 0) is 4.79 Å². The Balaban J connectivity index is 2.87. The topological polar surface area (TPSA) is 83.6 Å². The van der Waals surface area contributed by atoms with Crippen LogP contribution >= 0.6 is 0 Å². The van der Waals surface area contributed by atoms with Crippen LogP contribution in [-0.4, -0.2) is 22.0 Å². The summed E-state index contributed by atoms with van der Waals surface area (Å²) >= 11 is 0. The lowest BCUT2D eigenvalue weighted by Gasteiger charge is -2.15. The van der Waals surface area contributed by atoms with Crippen molar-refractivity contribution in [2.24, 2.45) is 5.84 Å². The Morgan fingerprint density at radius 2 is 1.80 bits per heavy atom. The number of amides is 1. The molecule has 5 heteroatoms. The summed E-state index contributed by atoms with van der Waals surface area (Å²) in [5.41, 5.74) is -0.161. The first kappa shape index (κ1) is 10.9. The number of carboxylic acids is 1. The average Bonchev–Trinajstić information content (AvgIpc) is 2.27. The molecule has 0 saturated heterocycles. The van der Waals surface area contributed by atoms with Crippen molar-refractivity contribution in [2.75, 3.05) is 0 Å². The van der Waals surface area contributed by atoms with Crippen molar-refractivity contribution < 1.29 is 14.7 Å². The minimum absolute atomic E-state index is 0.308. The Morgan fingerprint density at radius 3 is 2.27 bits per heavy atom. The van der Waals surface area contributed by atoms with Gasteiger partial charge in [0, 0.05) is 5.56 Å². The van der Waals surface area contributed by atoms with Crippen LogP contribution in [0, 0.1) is 0 Å². The van der Waals surface area contributed by atoms with Gasteiger partial charge < -0.3 is 5.11 Å². The number of hydrogen-bond acceptors (Lipinski definition) is 3. The molecular weight excluding hydrogens is 196 g/mol. The van der Waals surface area contributed by atoms with Crippen LogP contribution in [0.4, 0.5) is 0 Å². The van der Waals surface area contributed by atoms with Crippen molar-refractivity contribution in [3.8, 4) is 0 Å². The molecule has 0 fully saturated rings. The fourth-order valence-corrected chi connectivity index (χ4v) is 0.945. The molecule has 1 rings (SSSR count). The number of carboxylic acid groups (broad SMARTS) is 1. The molecule has 3 N–H and O–H groups in total. The van der Waals surface area contributed by atoms with Crippen LogP contribution < -0.4 is 5.84 Å². The fraction of sp³-hybridized carbons (Fsp3) is 0.